The number of carboxylic acid groups (broad SMARTS) is 1. The van der Waals surface area contributed by atoms with Gasteiger partial charge < -0.3 is 134 Å². The number of carboxylic acids is 1. The quantitative estimate of drug-likeness (QED) is 0.0795. The fraction of sp³-hybridized carbons (Fsp3) is 0.789. The van der Waals surface area contributed by atoms with Crippen LogP contribution in [0.4, 0.5) is 4.79 Å². The normalized spacial score (nSPS) is 12.3. The van der Waals surface area contributed by atoms with E-state index in [0.29, 0.717) is 323 Å². The number of benzene rings is 2. The Hall–Kier alpha value is -4.31. The predicted octanol–water partition coefficient (Wildman–Crippen LogP) is 3.68. The van der Waals surface area contributed by atoms with E-state index in [1.54, 1.807) is 7.11 Å². The minimum Gasteiger partial charge on any atom is -0.480 e. The Labute approximate surface area is 603 Å². The molecular formula is C71H122N2O29. The number of alkyl carbamates (subject to hydrolysis) is 1. The first-order valence-electron chi connectivity index (χ1n) is 35.9. The number of fused-ring (bicyclic) bond motifs is 3. The van der Waals surface area contributed by atoms with Crippen molar-refractivity contribution in [1.82, 2.24) is 10.6 Å². The molecule has 0 saturated carbocycles. The SMILES string of the molecule is COCCOCCOCCOCCOCCOCCOCCOCCOCCOCCOCCOCCOCCOCCOCCOCCOCCOCCOCCOCCOCCOCCOCCOCCC(=O)NCCCC[C@H](NC(=O)OCC1c2ccccc2-c2ccccc21)C(=O)O. The maximum absolute atomic E-state index is 12.6. The first-order valence-corrected chi connectivity index (χ1v) is 35.9. The lowest BCUT2D eigenvalue weighted by molar-refractivity contribution is -0.139. The first-order chi connectivity index (χ1) is 50.5. The number of aliphatic carboxylic acids is 1. The van der Waals surface area contributed by atoms with Gasteiger partial charge in [0.15, 0.2) is 0 Å². The van der Waals surface area contributed by atoms with Crippen molar-refractivity contribution in [3.63, 3.8) is 0 Å². The lowest BCUT2D eigenvalue weighted by Gasteiger charge is -2.17. The van der Waals surface area contributed by atoms with Crippen LogP contribution in [0.5, 0.6) is 0 Å². The fourth-order valence-electron chi connectivity index (χ4n) is 9.08. The number of carbonyl (C=O) groups excluding carboxylic acids is 2. The number of unbranched alkanes of at least 4 members (excludes halogenated alkanes) is 1. The third-order valence-electron chi connectivity index (χ3n) is 14.3. The van der Waals surface area contributed by atoms with E-state index in [2.05, 4.69) is 10.6 Å². The van der Waals surface area contributed by atoms with Gasteiger partial charge in [-0.05, 0) is 41.5 Å². The van der Waals surface area contributed by atoms with Crippen LogP contribution >= 0.6 is 0 Å². The van der Waals surface area contributed by atoms with Gasteiger partial charge in [0.1, 0.15) is 12.6 Å². The first kappa shape index (κ1) is 91.9. The molecule has 2 aromatic rings. The summed E-state index contributed by atoms with van der Waals surface area (Å²) in [5.74, 6) is -1.45. The van der Waals surface area contributed by atoms with Gasteiger partial charge in [-0.1, -0.05) is 48.5 Å². The zero-order valence-corrected chi connectivity index (χ0v) is 60.6. The molecule has 31 heteroatoms. The van der Waals surface area contributed by atoms with Crippen molar-refractivity contribution in [3.05, 3.63) is 59.7 Å². The molecular weight excluding hydrogens is 1340 g/mol. The lowest BCUT2D eigenvalue weighted by atomic mass is 9.98. The van der Waals surface area contributed by atoms with Crippen LogP contribution in [-0.2, 0) is 128 Å². The molecule has 0 aliphatic heterocycles. The third kappa shape index (κ3) is 56.1. The molecule has 0 radical (unpaired) electrons. The second-order valence-electron chi connectivity index (χ2n) is 22.0. The molecule has 1 aliphatic carbocycles. The average Bonchev–Trinajstić information content (AvgIpc) is 1.62. The molecule has 2 aromatic carbocycles. The van der Waals surface area contributed by atoms with Gasteiger partial charge in [-0.25, -0.2) is 9.59 Å². The number of ether oxygens (including phenoxy) is 25. The van der Waals surface area contributed by atoms with Gasteiger partial charge in [0, 0.05) is 26.0 Å². The van der Waals surface area contributed by atoms with Crippen molar-refractivity contribution in [1.29, 1.82) is 0 Å². The van der Waals surface area contributed by atoms with Gasteiger partial charge >= 0.3 is 12.1 Å². The molecule has 3 N–H and O–H groups in total. The van der Waals surface area contributed by atoms with Crippen molar-refractivity contribution >= 4 is 18.0 Å². The highest BCUT2D eigenvalue weighted by Crippen LogP contribution is 2.44. The maximum Gasteiger partial charge on any atom is 0.407 e. The summed E-state index contributed by atoms with van der Waals surface area (Å²) >= 11 is 0. The number of methoxy groups -OCH3 is 1. The topological polar surface area (TPSA) is 326 Å². The highest BCUT2D eigenvalue weighted by atomic mass is 16.6. The minimum absolute atomic E-state index is 0.0919. The molecule has 0 spiro atoms. The largest absolute Gasteiger partial charge is 0.480 e. The van der Waals surface area contributed by atoms with Gasteiger partial charge in [-0.15, -0.1) is 0 Å². The highest BCUT2D eigenvalue weighted by Gasteiger charge is 2.30. The van der Waals surface area contributed by atoms with E-state index < -0.39 is 18.1 Å². The average molecular weight is 1470 g/mol. The van der Waals surface area contributed by atoms with Gasteiger partial charge in [0.05, 0.1) is 311 Å². The number of hydrogen-bond donors (Lipinski definition) is 3. The molecule has 0 saturated heterocycles. The Bertz CT molecular complexity index is 2140. The molecule has 3 rings (SSSR count). The van der Waals surface area contributed by atoms with Crippen molar-refractivity contribution < 1.29 is 138 Å². The summed E-state index contributed by atoms with van der Waals surface area (Å²) in [6.07, 6.45) is 0.622. The highest BCUT2D eigenvalue weighted by molar-refractivity contribution is 5.81. The molecule has 590 valence electrons. The Morgan fingerprint density at radius 2 is 0.569 bits per heavy atom. The van der Waals surface area contributed by atoms with Crippen LogP contribution in [0.2, 0.25) is 0 Å². The maximum atomic E-state index is 12.6. The number of hydrogen-bond acceptors (Lipinski definition) is 28. The van der Waals surface area contributed by atoms with E-state index in [-0.39, 0.29) is 37.9 Å². The summed E-state index contributed by atoms with van der Waals surface area (Å²) in [4.78, 5) is 36.7. The van der Waals surface area contributed by atoms with Crippen LogP contribution < -0.4 is 10.6 Å². The Balaban J connectivity index is 0.873. The van der Waals surface area contributed by atoms with Crippen molar-refractivity contribution in [2.24, 2.45) is 0 Å². The molecule has 102 heavy (non-hydrogen) atoms. The molecule has 0 bridgehead atoms. The van der Waals surface area contributed by atoms with Gasteiger partial charge in [0.25, 0.3) is 0 Å². The number of nitrogens with one attached hydrogen (secondary N) is 2. The standard InChI is InChI=1S/C71H122N2O29/c1-78-16-17-80-20-21-82-24-25-84-28-29-86-32-33-88-36-37-90-40-41-92-44-45-94-48-49-96-52-53-98-56-57-100-60-61-101-59-58-99-55-54-97-51-50-95-47-46-93-43-42-91-39-38-89-35-34-87-31-30-85-27-26-83-23-22-81-19-18-79-15-13-69(74)72-14-7-6-12-68(70(75)76)73-71(77)102-62-67-65-10-4-2-8-63(65)64-9-3-5-11-66(64)67/h2-5,8-11,67-68H,6-7,12-62H2,1H3,(H,72,74)(H,73,77)(H,75,76)/t68-/m0/s1. The molecule has 0 unspecified atom stereocenters. The second-order valence-corrected chi connectivity index (χ2v) is 22.0. The molecule has 0 aromatic heterocycles. The van der Waals surface area contributed by atoms with Crippen LogP contribution in [0.1, 0.15) is 42.7 Å². The number of rotatable bonds is 81. The van der Waals surface area contributed by atoms with Gasteiger partial charge in [-0.2, -0.15) is 0 Å². The van der Waals surface area contributed by atoms with E-state index in [9.17, 15) is 19.5 Å². The zero-order chi connectivity index (χ0) is 72.4. The van der Waals surface area contributed by atoms with Gasteiger partial charge in [-0.3, -0.25) is 4.79 Å². The lowest BCUT2D eigenvalue weighted by Crippen LogP contribution is -2.41. The molecule has 31 nitrogen and oxygen atoms in total. The van der Waals surface area contributed by atoms with E-state index in [0.717, 1.165) is 22.3 Å². The van der Waals surface area contributed by atoms with Crippen molar-refractivity contribution in [2.75, 3.05) is 331 Å². The minimum atomic E-state index is -1.15. The smallest absolute Gasteiger partial charge is 0.407 e. The summed E-state index contributed by atoms with van der Waals surface area (Å²) in [5, 5.41) is 15.0. The molecule has 1 atom stereocenters. The Morgan fingerprint density at radius 1 is 0.333 bits per heavy atom. The summed E-state index contributed by atoms with van der Waals surface area (Å²) in [5.41, 5.74) is 4.35. The number of carbonyl (C=O) groups is 3. The monoisotopic (exact) mass is 1470 g/mol. The summed E-state index contributed by atoms with van der Waals surface area (Å²) in [7, 11) is 1.64. The van der Waals surface area contributed by atoms with Crippen LogP contribution in [-0.4, -0.2) is 360 Å². The summed E-state index contributed by atoms with van der Waals surface area (Å²) < 4.78 is 137. The van der Waals surface area contributed by atoms with Gasteiger partial charge in [0.2, 0.25) is 5.91 Å². The van der Waals surface area contributed by atoms with Crippen LogP contribution in [0, 0.1) is 0 Å². The van der Waals surface area contributed by atoms with E-state index in [1.807, 2.05) is 48.5 Å². The van der Waals surface area contributed by atoms with Crippen molar-refractivity contribution in [3.8, 4) is 11.1 Å². The van der Waals surface area contributed by atoms with Crippen molar-refractivity contribution in [2.45, 2.75) is 37.6 Å². The predicted molar refractivity (Wildman–Crippen MR) is 372 cm³/mol. The summed E-state index contributed by atoms with van der Waals surface area (Å²) in [6, 6.07) is 14.9. The number of amides is 2. The van der Waals surface area contributed by atoms with Crippen LogP contribution in [0.3, 0.4) is 0 Å². The van der Waals surface area contributed by atoms with Crippen LogP contribution in [0.25, 0.3) is 11.1 Å². The van der Waals surface area contributed by atoms with Crippen LogP contribution in [0.15, 0.2) is 48.5 Å². The summed E-state index contributed by atoms with van der Waals surface area (Å²) in [6.45, 7) is 22.5. The molecule has 0 fully saturated rings. The Morgan fingerprint density at radius 3 is 0.814 bits per heavy atom. The second kappa shape index (κ2) is 72.3. The fourth-order valence-corrected chi connectivity index (χ4v) is 9.08. The third-order valence-corrected chi connectivity index (χ3v) is 14.3. The van der Waals surface area contributed by atoms with E-state index in [1.165, 1.54) is 0 Å². The molecule has 1 aliphatic rings. The zero-order valence-electron chi connectivity index (χ0n) is 60.6. The molecule has 0 heterocycles. The molecule has 2 amide bonds. The van der Waals surface area contributed by atoms with E-state index in [4.69, 9.17) is 118 Å². The van der Waals surface area contributed by atoms with E-state index >= 15 is 0 Å². The Kier molecular flexibility index (Phi) is 65.1.